The zero-order valence-corrected chi connectivity index (χ0v) is 8.43. The van der Waals surface area contributed by atoms with Crippen molar-refractivity contribution in [3.8, 4) is 11.1 Å². The highest BCUT2D eigenvalue weighted by atomic mass is 14.8. The molecule has 0 fully saturated rings. The lowest BCUT2D eigenvalue weighted by Gasteiger charge is -2.07. The second kappa shape index (κ2) is 4.26. The van der Waals surface area contributed by atoms with Gasteiger partial charge in [-0.1, -0.05) is 54.6 Å². The zero-order valence-electron chi connectivity index (χ0n) is 8.43. The summed E-state index contributed by atoms with van der Waals surface area (Å²) in [6, 6.07) is 18.2. The maximum atomic E-state index is 5.58. The summed E-state index contributed by atoms with van der Waals surface area (Å²) >= 11 is 0. The first kappa shape index (κ1) is 9.90. The van der Waals surface area contributed by atoms with Crippen molar-refractivity contribution in [3.05, 3.63) is 60.2 Å². The van der Waals surface area contributed by atoms with Crippen molar-refractivity contribution < 1.29 is 0 Å². The van der Waals surface area contributed by atoms with Crippen molar-refractivity contribution in [2.45, 2.75) is 6.17 Å². The highest BCUT2D eigenvalue weighted by Crippen LogP contribution is 2.19. The van der Waals surface area contributed by atoms with Gasteiger partial charge in [0.2, 0.25) is 0 Å². The maximum Gasteiger partial charge on any atom is 0.0784 e. The van der Waals surface area contributed by atoms with Gasteiger partial charge >= 0.3 is 0 Å². The molecule has 0 spiro atoms. The molecule has 0 atom stereocenters. The van der Waals surface area contributed by atoms with Crippen LogP contribution in [0.4, 0.5) is 0 Å². The van der Waals surface area contributed by atoms with Crippen LogP contribution in [0.3, 0.4) is 0 Å². The van der Waals surface area contributed by atoms with E-state index < -0.39 is 6.17 Å². The van der Waals surface area contributed by atoms with Crippen LogP contribution in [0.5, 0.6) is 0 Å². The molecule has 0 bridgehead atoms. The lowest BCUT2D eigenvalue weighted by molar-refractivity contribution is 0.774. The van der Waals surface area contributed by atoms with E-state index in [0.717, 1.165) is 5.56 Å². The molecular weight excluding hydrogens is 184 g/mol. The number of benzene rings is 2. The summed E-state index contributed by atoms with van der Waals surface area (Å²) in [6.07, 6.45) is -0.394. The number of hydrogen-bond donors (Lipinski definition) is 2. The Morgan fingerprint density at radius 2 is 1.20 bits per heavy atom. The number of nitrogens with two attached hydrogens (primary N) is 2. The average Bonchev–Trinajstić information content (AvgIpc) is 2.30. The van der Waals surface area contributed by atoms with Gasteiger partial charge < -0.3 is 11.5 Å². The highest BCUT2D eigenvalue weighted by molar-refractivity contribution is 5.63. The summed E-state index contributed by atoms with van der Waals surface area (Å²) in [6.45, 7) is 0. The lowest BCUT2D eigenvalue weighted by Crippen LogP contribution is -2.19. The van der Waals surface area contributed by atoms with Gasteiger partial charge in [-0.15, -0.1) is 0 Å². The van der Waals surface area contributed by atoms with Crippen LogP contribution in [0.2, 0.25) is 0 Å². The molecule has 0 aliphatic heterocycles. The molecule has 2 aromatic rings. The summed E-state index contributed by atoms with van der Waals surface area (Å²) in [5, 5.41) is 0. The minimum atomic E-state index is -0.394. The SMILES string of the molecule is NC(N)c1ccc(-c2ccccc2)cc1. The van der Waals surface area contributed by atoms with Gasteiger partial charge in [-0.3, -0.25) is 0 Å². The van der Waals surface area contributed by atoms with Crippen LogP contribution < -0.4 is 11.5 Å². The molecule has 2 heteroatoms. The van der Waals surface area contributed by atoms with Gasteiger partial charge in [0.15, 0.2) is 0 Å². The molecule has 4 N–H and O–H groups in total. The second-order valence-corrected chi connectivity index (χ2v) is 3.51. The van der Waals surface area contributed by atoms with E-state index in [4.69, 9.17) is 11.5 Å². The summed E-state index contributed by atoms with van der Waals surface area (Å²) in [5.74, 6) is 0. The Bertz CT molecular complexity index is 418. The predicted molar refractivity (Wildman–Crippen MR) is 63.0 cm³/mol. The van der Waals surface area contributed by atoms with E-state index in [-0.39, 0.29) is 0 Å². The maximum absolute atomic E-state index is 5.58. The van der Waals surface area contributed by atoms with Crippen LogP contribution >= 0.6 is 0 Å². The highest BCUT2D eigenvalue weighted by Gasteiger charge is 2.00. The zero-order chi connectivity index (χ0) is 10.7. The smallest absolute Gasteiger partial charge is 0.0784 e. The van der Waals surface area contributed by atoms with E-state index in [0.29, 0.717) is 0 Å². The molecular formula is C13H14N2. The van der Waals surface area contributed by atoms with Gasteiger partial charge in [-0.2, -0.15) is 0 Å². The molecule has 0 unspecified atom stereocenters. The second-order valence-electron chi connectivity index (χ2n) is 3.51. The van der Waals surface area contributed by atoms with Gasteiger partial charge in [-0.05, 0) is 16.7 Å². The van der Waals surface area contributed by atoms with Gasteiger partial charge in [0.05, 0.1) is 6.17 Å². The third-order valence-electron chi connectivity index (χ3n) is 2.40. The third kappa shape index (κ3) is 2.24. The summed E-state index contributed by atoms with van der Waals surface area (Å²) in [4.78, 5) is 0. The Labute approximate surface area is 89.5 Å². The van der Waals surface area contributed by atoms with E-state index >= 15 is 0 Å². The van der Waals surface area contributed by atoms with Gasteiger partial charge in [0.25, 0.3) is 0 Å². The van der Waals surface area contributed by atoms with E-state index in [1.54, 1.807) is 0 Å². The molecule has 0 saturated carbocycles. The molecule has 0 heterocycles. The van der Waals surface area contributed by atoms with Gasteiger partial charge in [0, 0.05) is 0 Å². The van der Waals surface area contributed by atoms with E-state index in [2.05, 4.69) is 12.1 Å². The molecule has 76 valence electrons. The summed E-state index contributed by atoms with van der Waals surface area (Å²) in [5.41, 5.74) is 14.5. The molecule has 2 nitrogen and oxygen atoms in total. The molecule has 15 heavy (non-hydrogen) atoms. The van der Waals surface area contributed by atoms with E-state index in [9.17, 15) is 0 Å². The van der Waals surface area contributed by atoms with Crippen molar-refractivity contribution in [2.75, 3.05) is 0 Å². The topological polar surface area (TPSA) is 52.0 Å². The molecule has 0 radical (unpaired) electrons. The van der Waals surface area contributed by atoms with E-state index in [1.165, 1.54) is 11.1 Å². The Balaban J connectivity index is 2.32. The molecule has 0 aliphatic rings. The molecule has 0 aromatic heterocycles. The van der Waals surface area contributed by atoms with Gasteiger partial charge in [-0.25, -0.2) is 0 Å². The fourth-order valence-electron chi connectivity index (χ4n) is 1.53. The van der Waals surface area contributed by atoms with Crippen molar-refractivity contribution in [3.63, 3.8) is 0 Å². The van der Waals surface area contributed by atoms with Crippen molar-refractivity contribution in [2.24, 2.45) is 11.5 Å². The van der Waals surface area contributed by atoms with Crippen LogP contribution in [0.15, 0.2) is 54.6 Å². The minimum Gasteiger partial charge on any atom is -0.312 e. The Kier molecular flexibility index (Phi) is 2.81. The normalized spacial score (nSPS) is 10.6. The van der Waals surface area contributed by atoms with Gasteiger partial charge in [0.1, 0.15) is 0 Å². The molecule has 0 saturated heterocycles. The van der Waals surface area contributed by atoms with Crippen molar-refractivity contribution >= 4 is 0 Å². The Morgan fingerprint density at radius 1 is 0.667 bits per heavy atom. The predicted octanol–water partition coefficient (Wildman–Crippen LogP) is 2.27. The van der Waals surface area contributed by atoms with E-state index in [1.807, 2.05) is 42.5 Å². The van der Waals surface area contributed by atoms with Crippen LogP contribution in [0.25, 0.3) is 11.1 Å². The molecule has 0 aliphatic carbocycles. The number of rotatable bonds is 2. The fourth-order valence-corrected chi connectivity index (χ4v) is 1.53. The Hall–Kier alpha value is -1.64. The number of hydrogen-bond acceptors (Lipinski definition) is 2. The fraction of sp³-hybridized carbons (Fsp3) is 0.0769. The monoisotopic (exact) mass is 198 g/mol. The quantitative estimate of drug-likeness (QED) is 0.727. The first-order valence-corrected chi connectivity index (χ1v) is 4.94. The molecule has 0 amide bonds. The largest absolute Gasteiger partial charge is 0.312 e. The lowest BCUT2D eigenvalue weighted by atomic mass is 10.0. The van der Waals surface area contributed by atoms with Crippen LogP contribution in [0, 0.1) is 0 Å². The standard InChI is InChI=1S/C13H14N2/c14-13(15)12-8-6-11(7-9-12)10-4-2-1-3-5-10/h1-9,13H,14-15H2. The molecule has 2 aromatic carbocycles. The summed E-state index contributed by atoms with van der Waals surface area (Å²) < 4.78 is 0. The average molecular weight is 198 g/mol. The summed E-state index contributed by atoms with van der Waals surface area (Å²) in [7, 11) is 0. The third-order valence-corrected chi connectivity index (χ3v) is 2.40. The minimum absolute atomic E-state index is 0.394. The Morgan fingerprint density at radius 3 is 1.73 bits per heavy atom. The van der Waals surface area contributed by atoms with Crippen LogP contribution in [-0.2, 0) is 0 Å². The van der Waals surface area contributed by atoms with Crippen molar-refractivity contribution in [1.82, 2.24) is 0 Å². The first-order chi connectivity index (χ1) is 7.27. The van der Waals surface area contributed by atoms with Crippen LogP contribution in [-0.4, -0.2) is 0 Å². The molecule has 2 rings (SSSR count). The first-order valence-electron chi connectivity index (χ1n) is 4.94. The van der Waals surface area contributed by atoms with Crippen LogP contribution in [0.1, 0.15) is 11.7 Å². The van der Waals surface area contributed by atoms with Crippen molar-refractivity contribution in [1.29, 1.82) is 0 Å².